The van der Waals surface area contributed by atoms with Gasteiger partial charge < -0.3 is 24.6 Å². The summed E-state index contributed by atoms with van der Waals surface area (Å²) in [5.41, 5.74) is 1.00. The van der Waals surface area contributed by atoms with Crippen molar-refractivity contribution in [3.8, 4) is 5.75 Å². The van der Waals surface area contributed by atoms with Gasteiger partial charge in [0.1, 0.15) is 5.75 Å². The zero-order valence-corrected chi connectivity index (χ0v) is 16.7. The van der Waals surface area contributed by atoms with Crippen LogP contribution in [0.1, 0.15) is 12.5 Å². The number of piperazine rings is 1. The summed E-state index contributed by atoms with van der Waals surface area (Å²) < 4.78 is 10.5. The van der Waals surface area contributed by atoms with E-state index in [0.717, 1.165) is 11.3 Å². The number of urea groups is 1. The maximum Gasteiger partial charge on any atom is 0.320 e. The summed E-state index contributed by atoms with van der Waals surface area (Å²) in [5.74, 6) is 0.775. The molecule has 0 radical (unpaired) electrons. The molecule has 3 rings (SSSR count). The number of hydrogen-bond donors (Lipinski definition) is 1. The van der Waals surface area contributed by atoms with E-state index in [1.54, 1.807) is 7.11 Å². The fraction of sp³-hybridized carbons (Fsp3) is 0.600. The molecular weight excluding hydrogens is 360 g/mol. The first kappa shape index (κ1) is 20.4. The highest BCUT2D eigenvalue weighted by atomic mass is 16.5. The molecule has 1 aromatic carbocycles. The number of methoxy groups -OCH3 is 1. The Morgan fingerprint density at radius 1 is 1.11 bits per heavy atom. The Morgan fingerprint density at radius 2 is 1.79 bits per heavy atom. The highest BCUT2D eigenvalue weighted by Crippen LogP contribution is 2.13. The fourth-order valence-electron chi connectivity index (χ4n) is 3.54. The van der Waals surface area contributed by atoms with Gasteiger partial charge in [-0.2, -0.15) is 0 Å². The average Bonchev–Trinajstić information content (AvgIpc) is 2.77. The van der Waals surface area contributed by atoms with E-state index in [2.05, 4.69) is 10.2 Å². The molecule has 0 aromatic heterocycles. The Balaban J connectivity index is 1.44. The summed E-state index contributed by atoms with van der Waals surface area (Å²) in [5, 5.41) is 2.99. The number of benzene rings is 1. The molecule has 1 aromatic rings. The van der Waals surface area contributed by atoms with Gasteiger partial charge >= 0.3 is 6.03 Å². The highest BCUT2D eigenvalue weighted by molar-refractivity contribution is 5.81. The molecule has 2 fully saturated rings. The highest BCUT2D eigenvalue weighted by Gasteiger charge is 2.29. The van der Waals surface area contributed by atoms with Crippen LogP contribution in [0.3, 0.4) is 0 Å². The molecule has 2 aliphatic rings. The first-order valence-corrected chi connectivity index (χ1v) is 9.85. The zero-order valence-electron chi connectivity index (χ0n) is 16.7. The largest absolute Gasteiger partial charge is 0.497 e. The number of hydrogen-bond acceptors (Lipinski definition) is 5. The van der Waals surface area contributed by atoms with E-state index in [1.807, 2.05) is 41.0 Å². The molecular formula is C20H30N4O4. The van der Waals surface area contributed by atoms with Gasteiger partial charge in [-0.3, -0.25) is 9.69 Å². The van der Waals surface area contributed by atoms with E-state index in [1.165, 1.54) is 0 Å². The Labute approximate surface area is 166 Å². The van der Waals surface area contributed by atoms with Crippen LogP contribution in [0.15, 0.2) is 24.3 Å². The van der Waals surface area contributed by atoms with Crippen molar-refractivity contribution < 1.29 is 19.1 Å². The molecule has 28 heavy (non-hydrogen) atoms. The summed E-state index contributed by atoms with van der Waals surface area (Å²) in [7, 11) is 1.63. The quantitative estimate of drug-likeness (QED) is 0.804. The van der Waals surface area contributed by atoms with Crippen LogP contribution in [0.4, 0.5) is 4.79 Å². The van der Waals surface area contributed by atoms with Crippen LogP contribution >= 0.6 is 0 Å². The molecule has 2 saturated heterocycles. The summed E-state index contributed by atoms with van der Waals surface area (Å²) >= 11 is 0. The normalized spacial score (nSPS) is 19.2. The van der Waals surface area contributed by atoms with Crippen LogP contribution in [0.25, 0.3) is 0 Å². The van der Waals surface area contributed by atoms with Crippen LogP contribution in [-0.2, 0) is 16.1 Å². The number of nitrogens with zero attached hydrogens (tertiary/aromatic N) is 3. The van der Waals surface area contributed by atoms with Crippen molar-refractivity contribution in [2.75, 3.05) is 59.6 Å². The van der Waals surface area contributed by atoms with Crippen molar-refractivity contribution in [2.24, 2.45) is 0 Å². The number of rotatable bonds is 5. The van der Waals surface area contributed by atoms with E-state index < -0.39 is 0 Å². The predicted molar refractivity (Wildman–Crippen MR) is 105 cm³/mol. The minimum Gasteiger partial charge on any atom is -0.497 e. The average molecular weight is 390 g/mol. The lowest BCUT2D eigenvalue weighted by Crippen LogP contribution is -2.57. The third-order valence-corrected chi connectivity index (χ3v) is 5.39. The van der Waals surface area contributed by atoms with Crippen molar-refractivity contribution in [3.05, 3.63) is 29.8 Å². The minimum absolute atomic E-state index is 0.00391. The Morgan fingerprint density at radius 3 is 2.46 bits per heavy atom. The summed E-state index contributed by atoms with van der Waals surface area (Å²) in [6.07, 6.45) is 0. The molecule has 0 spiro atoms. The lowest BCUT2D eigenvalue weighted by atomic mass is 10.2. The van der Waals surface area contributed by atoms with Gasteiger partial charge in [0, 0.05) is 45.8 Å². The summed E-state index contributed by atoms with van der Waals surface area (Å²) in [6, 6.07) is 7.52. The standard InChI is InChI=1S/C20H30N4O4/c1-16(19(25)21-15-17-4-3-5-18(14-17)27-2)22-6-8-23(9-7-22)20(26)24-10-12-28-13-11-24/h3-5,14,16H,6-13,15H2,1-2H3,(H,21,25). The van der Waals surface area contributed by atoms with Gasteiger partial charge in [-0.25, -0.2) is 4.79 Å². The number of carbonyl (C=O) groups is 2. The lowest BCUT2D eigenvalue weighted by Gasteiger charge is -2.40. The van der Waals surface area contributed by atoms with Gasteiger partial charge in [0.2, 0.25) is 5.91 Å². The number of carbonyl (C=O) groups excluding carboxylic acids is 2. The Kier molecular flexibility index (Phi) is 7.11. The Bertz CT molecular complexity index is 670. The maximum atomic E-state index is 12.6. The molecule has 8 nitrogen and oxygen atoms in total. The van der Waals surface area contributed by atoms with E-state index in [9.17, 15) is 9.59 Å². The van der Waals surface area contributed by atoms with Gasteiger partial charge in [0.15, 0.2) is 0 Å². The molecule has 8 heteroatoms. The van der Waals surface area contributed by atoms with Gasteiger partial charge in [-0.15, -0.1) is 0 Å². The summed E-state index contributed by atoms with van der Waals surface area (Å²) in [6.45, 7) is 7.59. The second kappa shape index (κ2) is 9.75. The molecule has 1 N–H and O–H groups in total. The number of amides is 3. The number of morpholine rings is 1. The van der Waals surface area contributed by atoms with Crippen molar-refractivity contribution in [1.82, 2.24) is 20.0 Å². The molecule has 1 unspecified atom stereocenters. The lowest BCUT2D eigenvalue weighted by molar-refractivity contribution is -0.126. The Hall–Kier alpha value is -2.32. The van der Waals surface area contributed by atoms with E-state index in [-0.39, 0.29) is 18.0 Å². The van der Waals surface area contributed by atoms with Crippen molar-refractivity contribution in [2.45, 2.75) is 19.5 Å². The second-order valence-electron chi connectivity index (χ2n) is 7.15. The predicted octanol–water partition coefficient (Wildman–Crippen LogP) is 0.770. The first-order valence-electron chi connectivity index (χ1n) is 9.85. The molecule has 3 amide bonds. The van der Waals surface area contributed by atoms with Crippen molar-refractivity contribution in [3.63, 3.8) is 0 Å². The van der Waals surface area contributed by atoms with Crippen LogP contribution < -0.4 is 10.1 Å². The van der Waals surface area contributed by atoms with Crippen LogP contribution in [-0.4, -0.2) is 92.3 Å². The van der Waals surface area contributed by atoms with E-state index in [0.29, 0.717) is 59.0 Å². The molecule has 154 valence electrons. The zero-order chi connectivity index (χ0) is 19.9. The van der Waals surface area contributed by atoms with Crippen molar-refractivity contribution in [1.29, 1.82) is 0 Å². The smallest absolute Gasteiger partial charge is 0.320 e. The fourth-order valence-corrected chi connectivity index (χ4v) is 3.54. The second-order valence-corrected chi connectivity index (χ2v) is 7.15. The van der Waals surface area contributed by atoms with E-state index >= 15 is 0 Å². The molecule has 0 saturated carbocycles. The van der Waals surface area contributed by atoms with Gasteiger partial charge in [-0.05, 0) is 24.6 Å². The van der Waals surface area contributed by atoms with Crippen LogP contribution in [0.5, 0.6) is 5.75 Å². The van der Waals surface area contributed by atoms with Crippen LogP contribution in [0, 0.1) is 0 Å². The van der Waals surface area contributed by atoms with Crippen molar-refractivity contribution >= 4 is 11.9 Å². The molecule has 1 atom stereocenters. The molecule has 0 aliphatic carbocycles. The number of ether oxygens (including phenoxy) is 2. The number of nitrogens with one attached hydrogen (secondary N) is 1. The van der Waals surface area contributed by atoms with Gasteiger partial charge in [0.05, 0.1) is 26.4 Å². The molecule has 2 heterocycles. The molecule has 0 bridgehead atoms. The maximum absolute atomic E-state index is 12.6. The topological polar surface area (TPSA) is 74.4 Å². The van der Waals surface area contributed by atoms with Gasteiger partial charge in [-0.1, -0.05) is 12.1 Å². The first-order chi connectivity index (χ1) is 13.6. The summed E-state index contributed by atoms with van der Waals surface area (Å²) in [4.78, 5) is 31.0. The molecule has 2 aliphatic heterocycles. The van der Waals surface area contributed by atoms with Gasteiger partial charge in [0.25, 0.3) is 0 Å². The monoisotopic (exact) mass is 390 g/mol. The SMILES string of the molecule is COc1cccc(CNC(=O)C(C)N2CCN(C(=O)N3CCOCC3)CC2)c1. The minimum atomic E-state index is -0.230. The van der Waals surface area contributed by atoms with E-state index in [4.69, 9.17) is 9.47 Å². The van der Waals surface area contributed by atoms with Crippen LogP contribution in [0.2, 0.25) is 0 Å². The third-order valence-electron chi connectivity index (χ3n) is 5.39. The third kappa shape index (κ3) is 5.14.